The number of hydrogen-bond donors (Lipinski definition) is 1. The minimum absolute atomic E-state index is 0.126. The number of hydrogen-bond acceptors (Lipinski definition) is 3. The second kappa shape index (κ2) is 5.68. The third-order valence-electron chi connectivity index (χ3n) is 6.19. The minimum Gasteiger partial charge on any atom is -0.459 e. The normalized spacial score (nSPS) is 42.3. The van der Waals surface area contributed by atoms with Crippen molar-refractivity contribution in [2.24, 2.45) is 35.5 Å². The van der Waals surface area contributed by atoms with Gasteiger partial charge >= 0.3 is 5.97 Å². The van der Waals surface area contributed by atoms with Gasteiger partial charge in [0.1, 0.15) is 0 Å². The van der Waals surface area contributed by atoms with Crippen molar-refractivity contribution in [3.05, 3.63) is 0 Å². The number of rotatable bonds is 5. The van der Waals surface area contributed by atoms with Crippen LogP contribution < -0.4 is 0 Å². The predicted molar refractivity (Wildman–Crippen MR) is 81.9 cm³/mol. The maximum atomic E-state index is 13.0. The van der Waals surface area contributed by atoms with Gasteiger partial charge in [0.05, 0.1) is 11.5 Å². The molecule has 6 unspecified atom stereocenters. The van der Waals surface area contributed by atoms with E-state index in [4.69, 9.17) is 4.74 Å². The Bertz CT molecular complexity index is 473. The van der Waals surface area contributed by atoms with Gasteiger partial charge < -0.3 is 9.84 Å². The largest absolute Gasteiger partial charge is 0.459 e. The van der Waals surface area contributed by atoms with E-state index in [1.54, 1.807) is 0 Å². The van der Waals surface area contributed by atoms with Crippen molar-refractivity contribution in [3.8, 4) is 0 Å². The first-order valence-corrected chi connectivity index (χ1v) is 8.87. The number of carbonyl (C=O) groups excluding carboxylic acids is 1. The average molecular weight is 330 g/mol. The SMILES string of the molecule is CC(C)CC1(O)C2CC3CC(C2)C(C(=O)OCC(C)(F)F)C1C3. The molecule has 4 fully saturated rings. The van der Waals surface area contributed by atoms with E-state index >= 15 is 0 Å². The van der Waals surface area contributed by atoms with E-state index in [2.05, 4.69) is 13.8 Å². The van der Waals surface area contributed by atoms with Crippen LogP contribution in [0.4, 0.5) is 8.78 Å². The molecule has 0 radical (unpaired) electrons. The Morgan fingerprint density at radius 2 is 2.00 bits per heavy atom. The lowest BCUT2D eigenvalue weighted by Crippen LogP contribution is -2.63. The molecule has 4 aliphatic carbocycles. The van der Waals surface area contributed by atoms with Gasteiger partial charge in [0.25, 0.3) is 5.92 Å². The fourth-order valence-electron chi connectivity index (χ4n) is 5.65. The Labute approximate surface area is 136 Å². The lowest BCUT2D eigenvalue weighted by atomic mass is 9.45. The number of halogens is 2. The fourth-order valence-corrected chi connectivity index (χ4v) is 5.65. The molecule has 4 rings (SSSR count). The van der Waals surface area contributed by atoms with Crippen LogP contribution in [0.25, 0.3) is 0 Å². The molecule has 0 amide bonds. The fraction of sp³-hybridized carbons (Fsp3) is 0.944. The molecule has 132 valence electrons. The first-order chi connectivity index (χ1) is 10.6. The molecule has 6 atom stereocenters. The third-order valence-corrected chi connectivity index (χ3v) is 6.19. The smallest absolute Gasteiger partial charge is 0.309 e. The average Bonchev–Trinajstić information content (AvgIpc) is 2.40. The Kier molecular flexibility index (Phi) is 4.23. The van der Waals surface area contributed by atoms with Crippen molar-refractivity contribution in [2.75, 3.05) is 6.61 Å². The summed E-state index contributed by atoms with van der Waals surface area (Å²) >= 11 is 0. The summed E-state index contributed by atoms with van der Waals surface area (Å²) < 4.78 is 30.9. The van der Waals surface area contributed by atoms with Crippen LogP contribution in [-0.2, 0) is 9.53 Å². The second-order valence-corrected chi connectivity index (χ2v) is 8.67. The van der Waals surface area contributed by atoms with Gasteiger partial charge in [-0.15, -0.1) is 0 Å². The summed E-state index contributed by atoms with van der Waals surface area (Å²) in [6.45, 7) is 4.05. The quantitative estimate of drug-likeness (QED) is 0.783. The number of alkyl halides is 2. The third kappa shape index (κ3) is 3.13. The van der Waals surface area contributed by atoms with Crippen LogP contribution in [-0.4, -0.2) is 29.2 Å². The highest BCUT2D eigenvalue weighted by Crippen LogP contribution is 2.62. The zero-order valence-electron chi connectivity index (χ0n) is 14.2. The van der Waals surface area contributed by atoms with E-state index < -0.39 is 30.0 Å². The summed E-state index contributed by atoms with van der Waals surface area (Å²) in [7, 11) is 0. The summed E-state index contributed by atoms with van der Waals surface area (Å²) in [5, 5.41) is 11.4. The zero-order chi connectivity index (χ0) is 17.0. The Morgan fingerprint density at radius 1 is 1.30 bits per heavy atom. The van der Waals surface area contributed by atoms with E-state index in [1.807, 2.05) is 0 Å². The monoisotopic (exact) mass is 330 g/mol. The standard InChI is InChI=1S/C18H28F2O3/c1-10(2)8-18(22)13-5-11-4-12(7-13)15(14(18)6-11)16(21)23-9-17(3,19)20/h10-15,22H,4-9H2,1-3H3. The molecule has 4 saturated carbocycles. The minimum atomic E-state index is -3.00. The van der Waals surface area contributed by atoms with E-state index in [-0.39, 0.29) is 17.8 Å². The van der Waals surface area contributed by atoms with Crippen molar-refractivity contribution in [3.63, 3.8) is 0 Å². The van der Waals surface area contributed by atoms with E-state index in [1.165, 1.54) is 0 Å². The van der Waals surface area contributed by atoms with Crippen LogP contribution in [0.1, 0.15) is 52.9 Å². The number of carbonyl (C=O) groups is 1. The molecule has 0 spiro atoms. The topological polar surface area (TPSA) is 46.5 Å². The van der Waals surface area contributed by atoms with Crippen LogP contribution in [0.2, 0.25) is 0 Å². The molecule has 0 heterocycles. The number of ether oxygens (including phenoxy) is 1. The molecule has 23 heavy (non-hydrogen) atoms. The maximum Gasteiger partial charge on any atom is 0.309 e. The summed E-state index contributed by atoms with van der Waals surface area (Å²) in [4.78, 5) is 12.5. The molecule has 0 aromatic carbocycles. The molecule has 3 nitrogen and oxygen atoms in total. The van der Waals surface area contributed by atoms with E-state index in [0.717, 1.165) is 32.6 Å². The summed E-state index contributed by atoms with van der Waals surface area (Å²) in [6, 6.07) is 0. The molecule has 4 bridgehead atoms. The molecule has 5 heteroatoms. The molecule has 0 saturated heterocycles. The molecule has 4 aliphatic rings. The van der Waals surface area contributed by atoms with Crippen molar-refractivity contribution < 1.29 is 23.4 Å². The van der Waals surface area contributed by atoms with Crippen molar-refractivity contribution in [2.45, 2.75) is 64.4 Å². The molecule has 0 aliphatic heterocycles. The first kappa shape index (κ1) is 17.1. The summed E-state index contributed by atoms with van der Waals surface area (Å²) in [6.07, 6.45) is 4.37. The number of aliphatic hydroxyl groups is 1. The van der Waals surface area contributed by atoms with Crippen LogP contribution in [0.3, 0.4) is 0 Å². The molecular formula is C18H28F2O3. The molecule has 0 aromatic rings. The van der Waals surface area contributed by atoms with Gasteiger partial charge in [0.15, 0.2) is 6.61 Å². The van der Waals surface area contributed by atoms with Gasteiger partial charge in [-0.3, -0.25) is 4.79 Å². The van der Waals surface area contributed by atoms with Gasteiger partial charge in [-0.05, 0) is 55.8 Å². The summed E-state index contributed by atoms with van der Waals surface area (Å²) in [5.74, 6) is -2.69. The Morgan fingerprint density at radius 3 is 2.61 bits per heavy atom. The van der Waals surface area contributed by atoms with Gasteiger partial charge in [-0.1, -0.05) is 13.8 Å². The van der Waals surface area contributed by atoms with Gasteiger partial charge in [0.2, 0.25) is 0 Å². The molecular weight excluding hydrogens is 302 g/mol. The summed E-state index contributed by atoms with van der Waals surface area (Å²) in [5.41, 5.74) is -0.833. The number of esters is 1. The predicted octanol–water partition coefficient (Wildman–Crippen LogP) is 3.64. The van der Waals surface area contributed by atoms with Crippen molar-refractivity contribution in [1.29, 1.82) is 0 Å². The van der Waals surface area contributed by atoms with Crippen LogP contribution in [0, 0.1) is 35.5 Å². The highest BCUT2D eigenvalue weighted by atomic mass is 19.3. The lowest BCUT2D eigenvalue weighted by molar-refractivity contribution is -0.220. The van der Waals surface area contributed by atoms with Crippen LogP contribution >= 0.6 is 0 Å². The first-order valence-electron chi connectivity index (χ1n) is 8.87. The van der Waals surface area contributed by atoms with E-state index in [9.17, 15) is 18.7 Å². The highest BCUT2D eigenvalue weighted by Gasteiger charge is 2.62. The second-order valence-electron chi connectivity index (χ2n) is 8.67. The van der Waals surface area contributed by atoms with Crippen LogP contribution in [0.15, 0.2) is 0 Å². The molecule has 0 aromatic heterocycles. The van der Waals surface area contributed by atoms with Gasteiger partial charge in [-0.2, -0.15) is 0 Å². The Balaban J connectivity index is 1.79. The van der Waals surface area contributed by atoms with E-state index in [0.29, 0.717) is 18.3 Å². The lowest BCUT2D eigenvalue weighted by Gasteiger charge is -2.62. The highest BCUT2D eigenvalue weighted by molar-refractivity contribution is 5.74. The zero-order valence-corrected chi connectivity index (χ0v) is 14.2. The van der Waals surface area contributed by atoms with Crippen molar-refractivity contribution >= 4 is 5.97 Å². The Hall–Kier alpha value is -0.710. The maximum absolute atomic E-state index is 13.0. The molecule has 1 N–H and O–H groups in total. The van der Waals surface area contributed by atoms with Crippen LogP contribution in [0.5, 0.6) is 0 Å². The van der Waals surface area contributed by atoms with Gasteiger partial charge in [0, 0.05) is 12.8 Å². The van der Waals surface area contributed by atoms with Crippen molar-refractivity contribution in [1.82, 2.24) is 0 Å². The van der Waals surface area contributed by atoms with Gasteiger partial charge in [-0.25, -0.2) is 8.78 Å².